The first kappa shape index (κ1) is 9.04. The van der Waals surface area contributed by atoms with E-state index in [1.165, 1.54) is 18.4 Å². The first-order valence-corrected chi connectivity index (χ1v) is 5.64. The summed E-state index contributed by atoms with van der Waals surface area (Å²) in [5.41, 5.74) is 2.14. The molecule has 0 spiro atoms. The van der Waals surface area contributed by atoms with Crippen LogP contribution in [0.15, 0.2) is 18.2 Å². The molecule has 1 aliphatic carbocycles. The van der Waals surface area contributed by atoms with Gasteiger partial charge in [-0.15, -0.1) is 0 Å². The summed E-state index contributed by atoms with van der Waals surface area (Å²) in [6, 6.07) is 7.00. The van der Waals surface area contributed by atoms with Crippen LogP contribution in [0.2, 0.25) is 0 Å². The van der Waals surface area contributed by atoms with Crippen LogP contribution >= 0.6 is 0 Å². The van der Waals surface area contributed by atoms with Gasteiger partial charge in [-0.2, -0.15) is 0 Å². The van der Waals surface area contributed by atoms with Gasteiger partial charge >= 0.3 is 0 Å². The molecule has 1 heterocycles. The molecule has 1 atom stereocenters. The van der Waals surface area contributed by atoms with Crippen molar-refractivity contribution in [1.29, 1.82) is 0 Å². The molecule has 3 N–H and O–H groups in total. The van der Waals surface area contributed by atoms with Gasteiger partial charge in [-0.05, 0) is 30.9 Å². The molecule has 2 aliphatic rings. The summed E-state index contributed by atoms with van der Waals surface area (Å²) in [5, 5.41) is 16.6. The van der Waals surface area contributed by atoms with Crippen molar-refractivity contribution in [2.75, 3.05) is 11.9 Å². The van der Waals surface area contributed by atoms with Crippen LogP contribution in [0.4, 0.5) is 5.69 Å². The van der Waals surface area contributed by atoms with E-state index in [9.17, 15) is 5.11 Å². The third kappa shape index (κ3) is 1.79. The number of hydrogen-bond donors (Lipinski definition) is 3. The summed E-state index contributed by atoms with van der Waals surface area (Å²) in [4.78, 5) is 0. The number of phenolic OH excluding ortho intramolecular Hbond substituents is 1. The molecule has 0 bridgehead atoms. The molecule has 1 saturated carbocycles. The molecule has 1 aromatic carbocycles. The van der Waals surface area contributed by atoms with Gasteiger partial charge in [0.1, 0.15) is 5.75 Å². The van der Waals surface area contributed by atoms with Gasteiger partial charge in [-0.1, -0.05) is 12.1 Å². The lowest BCUT2D eigenvalue weighted by Gasteiger charge is -2.27. The van der Waals surface area contributed by atoms with E-state index in [0.717, 1.165) is 24.7 Å². The zero-order chi connectivity index (χ0) is 10.3. The predicted octanol–water partition coefficient (Wildman–Crippen LogP) is 1.48. The molecule has 0 aromatic heterocycles. The Hall–Kier alpha value is -1.22. The minimum atomic E-state index is 0.373. The average molecular weight is 204 g/mol. The van der Waals surface area contributed by atoms with Crippen LogP contribution in [0.1, 0.15) is 18.4 Å². The Morgan fingerprint density at radius 2 is 2.13 bits per heavy atom. The van der Waals surface area contributed by atoms with Crippen LogP contribution in [0.3, 0.4) is 0 Å². The SMILES string of the molecule is Oc1cccc2c1NCC(NC1CC1)C2. The Balaban J connectivity index is 1.77. The number of fused-ring (bicyclic) bond motifs is 1. The lowest BCUT2D eigenvalue weighted by molar-refractivity contribution is 0.468. The lowest BCUT2D eigenvalue weighted by atomic mass is 9.99. The Labute approximate surface area is 89.5 Å². The highest BCUT2D eigenvalue weighted by Gasteiger charge is 2.27. The van der Waals surface area contributed by atoms with Gasteiger partial charge in [0, 0.05) is 18.6 Å². The lowest BCUT2D eigenvalue weighted by Crippen LogP contribution is -2.41. The van der Waals surface area contributed by atoms with Crippen molar-refractivity contribution in [3.05, 3.63) is 23.8 Å². The largest absolute Gasteiger partial charge is 0.506 e. The summed E-state index contributed by atoms with van der Waals surface area (Å²) in [6.07, 6.45) is 3.67. The van der Waals surface area contributed by atoms with Crippen LogP contribution in [0, 0.1) is 0 Å². The van der Waals surface area contributed by atoms with Gasteiger partial charge in [0.25, 0.3) is 0 Å². The van der Waals surface area contributed by atoms with Crippen molar-refractivity contribution < 1.29 is 5.11 Å². The quantitative estimate of drug-likeness (QED) is 0.639. The summed E-state index contributed by atoms with van der Waals surface area (Å²) < 4.78 is 0. The van der Waals surface area contributed by atoms with Crippen molar-refractivity contribution in [2.45, 2.75) is 31.3 Å². The molecule has 1 unspecified atom stereocenters. The number of benzene rings is 1. The van der Waals surface area contributed by atoms with E-state index in [4.69, 9.17) is 0 Å². The van der Waals surface area contributed by atoms with Crippen LogP contribution < -0.4 is 10.6 Å². The topological polar surface area (TPSA) is 44.3 Å². The van der Waals surface area contributed by atoms with Gasteiger partial charge in [0.2, 0.25) is 0 Å². The number of aromatic hydroxyl groups is 1. The second-order valence-electron chi connectivity index (χ2n) is 4.53. The second kappa shape index (κ2) is 3.42. The Kier molecular flexibility index (Phi) is 2.06. The standard InChI is InChI=1S/C12H16N2O/c15-11-3-1-2-8-6-10(7-13-12(8)11)14-9-4-5-9/h1-3,9-10,13-15H,4-7H2. The minimum absolute atomic E-state index is 0.373. The van der Waals surface area contributed by atoms with E-state index in [-0.39, 0.29) is 0 Å². The first-order valence-electron chi connectivity index (χ1n) is 5.64. The number of nitrogens with one attached hydrogen (secondary N) is 2. The molecule has 1 aliphatic heterocycles. The zero-order valence-electron chi connectivity index (χ0n) is 8.66. The minimum Gasteiger partial charge on any atom is -0.506 e. The summed E-state index contributed by atoms with van der Waals surface area (Å²) in [7, 11) is 0. The van der Waals surface area contributed by atoms with E-state index in [1.807, 2.05) is 6.07 Å². The highest BCUT2D eigenvalue weighted by molar-refractivity contribution is 5.63. The molecule has 1 fully saturated rings. The van der Waals surface area contributed by atoms with Gasteiger partial charge in [0.15, 0.2) is 0 Å². The highest BCUT2D eigenvalue weighted by atomic mass is 16.3. The fourth-order valence-electron chi connectivity index (χ4n) is 2.22. The maximum atomic E-state index is 9.65. The van der Waals surface area contributed by atoms with Crippen molar-refractivity contribution >= 4 is 5.69 Å². The van der Waals surface area contributed by atoms with Gasteiger partial charge < -0.3 is 15.7 Å². The van der Waals surface area contributed by atoms with E-state index in [2.05, 4.69) is 16.7 Å². The molecule has 0 saturated heterocycles. The molecule has 0 radical (unpaired) electrons. The Morgan fingerprint density at radius 3 is 2.93 bits per heavy atom. The maximum absolute atomic E-state index is 9.65. The highest BCUT2D eigenvalue weighted by Crippen LogP contribution is 2.31. The van der Waals surface area contributed by atoms with Gasteiger partial charge in [-0.25, -0.2) is 0 Å². The normalized spacial score (nSPS) is 24.4. The maximum Gasteiger partial charge on any atom is 0.138 e. The van der Waals surface area contributed by atoms with Gasteiger partial charge in [0.05, 0.1) is 5.69 Å². The van der Waals surface area contributed by atoms with E-state index < -0.39 is 0 Å². The van der Waals surface area contributed by atoms with Crippen LogP contribution in [0.25, 0.3) is 0 Å². The number of hydrogen-bond acceptors (Lipinski definition) is 3. The van der Waals surface area contributed by atoms with E-state index in [1.54, 1.807) is 6.07 Å². The molecule has 1 aromatic rings. The molecule has 3 nitrogen and oxygen atoms in total. The Bertz CT molecular complexity index is 374. The molecule has 80 valence electrons. The predicted molar refractivity (Wildman–Crippen MR) is 60.2 cm³/mol. The molecular formula is C12H16N2O. The number of anilines is 1. The van der Waals surface area contributed by atoms with E-state index >= 15 is 0 Å². The summed E-state index contributed by atoms with van der Waals surface area (Å²) in [6.45, 7) is 0.918. The smallest absolute Gasteiger partial charge is 0.138 e. The third-order valence-corrected chi connectivity index (χ3v) is 3.17. The van der Waals surface area contributed by atoms with E-state index in [0.29, 0.717) is 11.8 Å². The average Bonchev–Trinajstić information content (AvgIpc) is 3.02. The van der Waals surface area contributed by atoms with Crippen molar-refractivity contribution in [3.8, 4) is 5.75 Å². The third-order valence-electron chi connectivity index (χ3n) is 3.17. The number of para-hydroxylation sites is 1. The van der Waals surface area contributed by atoms with Gasteiger partial charge in [-0.3, -0.25) is 0 Å². The zero-order valence-corrected chi connectivity index (χ0v) is 8.66. The van der Waals surface area contributed by atoms with Crippen LogP contribution in [0.5, 0.6) is 5.75 Å². The van der Waals surface area contributed by atoms with Crippen molar-refractivity contribution in [3.63, 3.8) is 0 Å². The molecule has 3 rings (SSSR count). The summed E-state index contributed by atoms with van der Waals surface area (Å²) >= 11 is 0. The second-order valence-corrected chi connectivity index (χ2v) is 4.53. The van der Waals surface area contributed by atoms with Crippen molar-refractivity contribution in [2.24, 2.45) is 0 Å². The fraction of sp³-hybridized carbons (Fsp3) is 0.500. The fourth-order valence-corrected chi connectivity index (χ4v) is 2.22. The molecule has 3 heteroatoms. The number of phenols is 1. The van der Waals surface area contributed by atoms with Crippen LogP contribution in [-0.4, -0.2) is 23.7 Å². The first-order chi connectivity index (χ1) is 7.33. The summed E-state index contributed by atoms with van der Waals surface area (Å²) in [5.74, 6) is 0.373. The molecular weight excluding hydrogens is 188 g/mol. The number of rotatable bonds is 2. The molecule has 15 heavy (non-hydrogen) atoms. The van der Waals surface area contributed by atoms with Crippen molar-refractivity contribution in [1.82, 2.24) is 5.32 Å². The molecule has 0 amide bonds. The van der Waals surface area contributed by atoms with Crippen LogP contribution in [-0.2, 0) is 6.42 Å². The monoisotopic (exact) mass is 204 g/mol. The Morgan fingerprint density at radius 1 is 1.27 bits per heavy atom.